The lowest BCUT2D eigenvalue weighted by Gasteiger charge is -2.42. The van der Waals surface area contributed by atoms with Crippen molar-refractivity contribution < 1.29 is 73.8 Å². The number of carbonyl (C=O) groups excluding carboxylic acids is 2. The fourth-order valence-electron chi connectivity index (χ4n) is 7.52. The number of aliphatic hydroxyl groups excluding tert-OH is 7. The van der Waals surface area contributed by atoms with E-state index >= 15 is 0 Å². The highest BCUT2D eigenvalue weighted by Gasteiger charge is 2.47. The highest BCUT2D eigenvalue weighted by Crippen LogP contribution is 2.26. The molecule has 0 saturated carbocycles. The fraction of sp³-hybridized carbons (Fsp3) is 0.709. The average molecular weight is 991 g/mol. The number of aliphatic hydroxyl groups is 7. The third-order valence-corrected chi connectivity index (χ3v) is 11.9. The number of rotatable bonds is 39. The van der Waals surface area contributed by atoms with Crippen molar-refractivity contribution in [3.63, 3.8) is 0 Å². The van der Waals surface area contributed by atoms with Crippen LogP contribution in [0.2, 0.25) is 0 Å². The van der Waals surface area contributed by atoms with Gasteiger partial charge in [0.15, 0.2) is 18.7 Å². The van der Waals surface area contributed by atoms with Crippen molar-refractivity contribution >= 4 is 11.9 Å². The molecule has 2 aliphatic heterocycles. The first-order chi connectivity index (χ1) is 34.0. The van der Waals surface area contributed by atoms with E-state index in [1.165, 1.54) is 64.2 Å². The molecule has 2 heterocycles. The third kappa shape index (κ3) is 28.7. The van der Waals surface area contributed by atoms with E-state index in [1.54, 1.807) is 0 Å². The van der Waals surface area contributed by atoms with Crippen LogP contribution in [0.3, 0.4) is 0 Å². The predicted molar refractivity (Wildman–Crippen MR) is 270 cm³/mol. The molecule has 0 bridgehead atoms. The standard InChI is InChI=1S/C55H90O15/c1-3-5-7-9-11-13-15-17-18-19-20-21-22-23-24-26-27-29-31-33-35-37-46(57)65-40-43(68-47(58)38-36-34-32-30-28-25-16-14-12-10-8-6-4-2)41-66-54-53(64)51(62)49(60)45(70-54)42-67-55-52(63)50(61)48(59)44(39-56)69-55/h11,13,17-18,20-21,23-25,27-29,32,34,43-45,48-56,59-64H,3-10,12,14-16,19,22,26,30-31,33,35-42H2,1-2H3/b13-11+,18-17+,21-20+,24-23+,28-25+,29-27+,34-32+/t43?,44-,45-,48+,49+,50?,51?,52?,53?,54-,55-/m1/s1. The number of allylic oxidation sites excluding steroid dienone is 14. The van der Waals surface area contributed by atoms with E-state index in [9.17, 15) is 45.3 Å². The van der Waals surface area contributed by atoms with E-state index in [1.807, 2.05) is 12.2 Å². The summed E-state index contributed by atoms with van der Waals surface area (Å²) in [5.41, 5.74) is 0. The normalized spacial score (nSPS) is 26.1. The lowest BCUT2D eigenvalue weighted by atomic mass is 9.98. The number of carbonyl (C=O) groups is 2. The summed E-state index contributed by atoms with van der Waals surface area (Å²) in [7, 11) is 0. The Bertz CT molecular complexity index is 1540. The smallest absolute Gasteiger partial charge is 0.306 e. The minimum atomic E-state index is -1.78. The number of ether oxygens (including phenoxy) is 6. The van der Waals surface area contributed by atoms with Crippen LogP contribution >= 0.6 is 0 Å². The van der Waals surface area contributed by atoms with Gasteiger partial charge in [-0.25, -0.2) is 0 Å². The molecule has 0 amide bonds. The molecule has 2 rings (SSSR count). The molecule has 0 aromatic carbocycles. The van der Waals surface area contributed by atoms with Crippen LogP contribution in [-0.2, 0) is 38.0 Å². The molecule has 15 nitrogen and oxygen atoms in total. The maximum Gasteiger partial charge on any atom is 0.306 e. The zero-order valence-corrected chi connectivity index (χ0v) is 42.2. The van der Waals surface area contributed by atoms with Crippen molar-refractivity contribution in [1.29, 1.82) is 0 Å². The summed E-state index contributed by atoms with van der Waals surface area (Å²) in [6, 6.07) is 0. The van der Waals surface area contributed by atoms with Crippen LogP contribution in [0.4, 0.5) is 0 Å². The van der Waals surface area contributed by atoms with Crippen LogP contribution in [0.1, 0.15) is 155 Å². The van der Waals surface area contributed by atoms with E-state index in [-0.39, 0.29) is 19.4 Å². The third-order valence-electron chi connectivity index (χ3n) is 11.9. The van der Waals surface area contributed by atoms with E-state index in [0.29, 0.717) is 12.8 Å². The van der Waals surface area contributed by atoms with Crippen LogP contribution in [0.5, 0.6) is 0 Å². The Morgan fingerprint density at radius 3 is 1.43 bits per heavy atom. The molecule has 400 valence electrons. The molecular weight excluding hydrogens is 901 g/mol. The zero-order chi connectivity index (χ0) is 51.0. The van der Waals surface area contributed by atoms with E-state index in [0.717, 1.165) is 51.4 Å². The molecule has 70 heavy (non-hydrogen) atoms. The first kappa shape index (κ1) is 62.8. The molecule has 0 spiro atoms. The van der Waals surface area contributed by atoms with Crippen molar-refractivity contribution in [3.05, 3.63) is 85.1 Å². The Balaban J connectivity index is 1.83. The van der Waals surface area contributed by atoms with Crippen LogP contribution in [-0.4, -0.2) is 142 Å². The average Bonchev–Trinajstić information content (AvgIpc) is 3.35. The lowest BCUT2D eigenvalue weighted by molar-refractivity contribution is -0.332. The van der Waals surface area contributed by atoms with Crippen molar-refractivity contribution in [2.24, 2.45) is 0 Å². The van der Waals surface area contributed by atoms with Gasteiger partial charge >= 0.3 is 11.9 Å². The summed E-state index contributed by atoms with van der Waals surface area (Å²) in [5.74, 6) is -1.06. The molecule has 0 aromatic heterocycles. The predicted octanol–water partition coefficient (Wildman–Crippen LogP) is 7.60. The zero-order valence-electron chi connectivity index (χ0n) is 42.2. The minimum Gasteiger partial charge on any atom is -0.462 e. The second kappa shape index (κ2) is 41.2. The minimum absolute atomic E-state index is 0.0448. The van der Waals surface area contributed by atoms with Gasteiger partial charge in [-0.1, -0.05) is 144 Å². The molecule has 11 atom stereocenters. The summed E-state index contributed by atoms with van der Waals surface area (Å²) >= 11 is 0. The first-order valence-corrected chi connectivity index (χ1v) is 26.2. The van der Waals surface area contributed by atoms with Gasteiger partial charge in [-0.3, -0.25) is 9.59 Å². The van der Waals surface area contributed by atoms with E-state index in [2.05, 4.69) is 86.8 Å². The number of hydrogen-bond donors (Lipinski definition) is 7. The molecule has 2 fully saturated rings. The monoisotopic (exact) mass is 991 g/mol. The van der Waals surface area contributed by atoms with Gasteiger partial charge in [0, 0.05) is 12.8 Å². The summed E-state index contributed by atoms with van der Waals surface area (Å²) < 4.78 is 33.4. The number of hydrogen-bond acceptors (Lipinski definition) is 15. The maximum atomic E-state index is 13.0. The molecule has 0 aliphatic carbocycles. The van der Waals surface area contributed by atoms with Crippen molar-refractivity contribution in [3.8, 4) is 0 Å². The largest absolute Gasteiger partial charge is 0.462 e. The van der Waals surface area contributed by atoms with Crippen molar-refractivity contribution in [1.82, 2.24) is 0 Å². The molecule has 5 unspecified atom stereocenters. The maximum absolute atomic E-state index is 13.0. The van der Waals surface area contributed by atoms with Crippen LogP contribution in [0, 0.1) is 0 Å². The lowest BCUT2D eigenvalue weighted by Crippen LogP contribution is -2.61. The van der Waals surface area contributed by atoms with Gasteiger partial charge in [0.1, 0.15) is 55.4 Å². The summed E-state index contributed by atoms with van der Waals surface area (Å²) in [6.07, 6.45) is 33.4. The van der Waals surface area contributed by atoms with Crippen LogP contribution in [0.15, 0.2) is 85.1 Å². The topological polar surface area (TPSA) is 231 Å². The second-order valence-electron chi connectivity index (χ2n) is 18.0. The molecular formula is C55H90O15. The Kier molecular flexibility index (Phi) is 36.9. The van der Waals surface area contributed by atoms with Gasteiger partial charge in [0.2, 0.25) is 0 Å². The van der Waals surface area contributed by atoms with Crippen molar-refractivity contribution in [2.45, 2.75) is 223 Å². The molecule has 15 heteroatoms. The van der Waals surface area contributed by atoms with Crippen molar-refractivity contribution in [2.75, 3.05) is 26.4 Å². The number of esters is 2. The molecule has 7 N–H and O–H groups in total. The quantitative estimate of drug-likeness (QED) is 0.0179. The van der Waals surface area contributed by atoms with Gasteiger partial charge < -0.3 is 64.2 Å². The van der Waals surface area contributed by atoms with Crippen LogP contribution < -0.4 is 0 Å². The summed E-state index contributed by atoms with van der Waals surface area (Å²) in [6.45, 7) is 2.42. The Morgan fingerprint density at radius 2 is 0.886 bits per heavy atom. The summed E-state index contributed by atoms with van der Waals surface area (Å²) in [4.78, 5) is 25.7. The Hall–Kier alpha value is -3.32. The molecule has 2 saturated heterocycles. The molecule has 0 radical (unpaired) electrons. The molecule has 0 aromatic rings. The SMILES string of the molecule is CCCCC/C=C/C/C=C/C/C=C/C/C=C/C/C=C/CCCCC(=O)OCC(CO[C@@H]1O[C@H](CO[C@@H]2O[C@H](CO)[C@H](O)C(O)C2O)[C@H](O)C(O)C1O)OC(=O)CC/C=C/C/C=C/CCCCCCCC. The Morgan fingerprint density at radius 1 is 0.457 bits per heavy atom. The highest BCUT2D eigenvalue weighted by atomic mass is 16.7. The highest BCUT2D eigenvalue weighted by molar-refractivity contribution is 5.70. The van der Waals surface area contributed by atoms with E-state index in [4.69, 9.17) is 28.4 Å². The molecule has 2 aliphatic rings. The van der Waals surface area contributed by atoms with Gasteiger partial charge in [0.05, 0.1) is 19.8 Å². The second-order valence-corrected chi connectivity index (χ2v) is 18.0. The van der Waals surface area contributed by atoms with Gasteiger partial charge in [-0.05, 0) is 83.5 Å². The number of unbranched alkanes of at least 4 members (excludes halogenated alkanes) is 11. The fourth-order valence-corrected chi connectivity index (χ4v) is 7.52. The van der Waals surface area contributed by atoms with Crippen LogP contribution in [0.25, 0.3) is 0 Å². The summed E-state index contributed by atoms with van der Waals surface area (Å²) in [5, 5.41) is 72.1. The van der Waals surface area contributed by atoms with E-state index < -0.39 is 99.3 Å². The Labute approximate surface area is 418 Å². The van der Waals surface area contributed by atoms with Gasteiger partial charge in [-0.2, -0.15) is 0 Å². The first-order valence-electron chi connectivity index (χ1n) is 26.2. The van der Waals surface area contributed by atoms with Gasteiger partial charge in [0.25, 0.3) is 0 Å². The van der Waals surface area contributed by atoms with Gasteiger partial charge in [-0.15, -0.1) is 0 Å².